The zero-order valence-corrected chi connectivity index (χ0v) is 33.5. The minimum absolute atomic E-state index is 0. The summed E-state index contributed by atoms with van der Waals surface area (Å²) in [7, 11) is 0. The molecule has 2 N–H and O–H groups in total. The second-order valence-electron chi connectivity index (χ2n) is 22.2. The van der Waals surface area contributed by atoms with Gasteiger partial charge in [0.1, 0.15) is 23.4 Å². The van der Waals surface area contributed by atoms with Crippen molar-refractivity contribution in [2.75, 3.05) is 0 Å². The monoisotopic (exact) mass is 849 g/mol. The Hall–Kier alpha value is -2.20. The molecule has 10 aliphatic carbocycles. The van der Waals surface area contributed by atoms with Gasteiger partial charge in [-0.05, 0) is 141 Å². The zero-order valence-electron chi connectivity index (χ0n) is 33.5. The van der Waals surface area contributed by atoms with Crippen molar-refractivity contribution in [1.29, 1.82) is 0 Å². The fourth-order valence-electron chi connectivity index (χ4n) is 15.5. The first-order valence-electron chi connectivity index (χ1n) is 21.5. The number of ether oxygens (including phenoxy) is 4. The van der Waals surface area contributed by atoms with Crippen LogP contribution >= 0.6 is 0 Å². The van der Waals surface area contributed by atoms with Gasteiger partial charge in [-0.25, -0.2) is 0 Å². The number of esters is 4. The topological polar surface area (TPSA) is 146 Å². The number of aliphatic hydroxyl groups is 2. The molecular weight excluding hydrogens is 761 g/mol. The Morgan fingerprint density at radius 2 is 1.30 bits per heavy atom. The van der Waals surface area contributed by atoms with Crippen molar-refractivity contribution in [2.45, 2.75) is 230 Å². The molecule has 60 heavy (non-hydrogen) atoms. The summed E-state index contributed by atoms with van der Waals surface area (Å²) in [5.41, 5.74) is -6.27. The highest BCUT2D eigenvalue weighted by Crippen LogP contribution is 2.65. The van der Waals surface area contributed by atoms with E-state index in [-0.39, 0.29) is 118 Å². The van der Waals surface area contributed by atoms with Crippen molar-refractivity contribution in [3.63, 3.8) is 0 Å². The molecule has 0 aromatic rings. The predicted octanol–water partition coefficient (Wildman–Crippen LogP) is 10.4. The smallest absolute Gasteiger partial charge is 0.312 e. The molecule has 11 fully saturated rings. The Balaban J connectivity index is 0.00000160. The summed E-state index contributed by atoms with van der Waals surface area (Å²) in [6.45, 7) is 11.6. The highest BCUT2D eigenvalue weighted by molar-refractivity contribution is 5.82. The van der Waals surface area contributed by atoms with Gasteiger partial charge in [0.15, 0.2) is 0 Å². The molecule has 11 aliphatic rings. The molecule has 348 valence electrons. The molecule has 10 saturated carbocycles. The Kier molecular flexibility index (Phi) is 14.5. The van der Waals surface area contributed by atoms with Gasteiger partial charge >= 0.3 is 23.9 Å². The summed E-state index contributed by atoms with van der Waals surface area (Å²) < 4.78 is 25.0. The molecule has 11 rings (SSSR count). The van der Waals surface area contributed by atoms with Gasteiger partial charge in [0, 0.05) is 36.5 Å². The SMILES string of the molecule is C.C.C.C.C.C.CCC(C)(CC(C)(CC(C)C(=O)OC1C2CC3C(=O)OC1C3C2)C(=O)OC12CC3CC(O)(CC(O)(C3)C1)C2)C(=O)OC(C)(C)C12CC3CC(CC(C3)C1)C2. The molecule has 1 saturated heterocycles. The molecule has 0 aromatic heterocycles. The van der Waals surface area contributed by atoms with E-state index < -0.39 is 63.3 Å². The van der Waals surface area contributed by atoms with Gasteiger partial charge in [-0.2, -0.15) is 0 Å². The van der Waals surface area contributed by atoms with E-state index >= 15 is 0 Å². The highest BCUT2D eigenvalue weighted by atomic mass is 16.6. The second kappa shape index (κ2) is 16.7. The molecule has 0 aromatic carbocycles. The van der Waals surface area contributed by atoms with E-state index in [9.17, 15) is 29.4 Å². The molecule has 0 amide bonds. The van der Waals surface area contributed by atoms with Gasteiger partial charge in [-0.15, -0.1) is 0 Å². The fraction of sp³-hybridized carbons (Fsp3) is 0.920. The lowest BCUT2D eigenvalue weighted by Crippen LogP contribution is -2.67. The molecule has 10 atom stereocenters. The molecule has 1 heterocycles. The normalized spacial score (nSPS) is 42.8. The standard InChI is InChI=1S/C44H64O10.6CH4/c1-7-39(5,36(47)53-38(3,4)41-14-25-8-26(15-41)10-27(9-25)16-41)20-40(6,37(48)54-44-19-28-17-42(49,22-44)21-43(50,18-28)23-44)13-24(2)34(45)51-32-29-11-30-31(12-29)35(46)52-33(30)32;;;;;;/h24-33,49-50H,7-23H2,1-6H3;6*1H4. The van der Waals surface area contributed by atoms with E-state index in [2.05, 4.69) is 13.8 Å². The van der Waals surface area contributed by atoms with Crippen LogP contribution in [-0.4, -0.2) is 68.7 Å². The number of hydrogen-bond acceptors (Lipinski definition) is 10. The lowest BCUT2D eigenvalue weighted by atomic mass is 9.46. The molecule has 10 nitrogen and oxygen atoms in total. The average Bonchev–Trinajstić information content (AvgIpc) is 3.67. The highest BCUT2D eigenvalue weighted by Gasteiger charge is 2.66. The lowest BCUT2D eigenvalue weighted by molar-refractivity contribution is -0.265. The van der Waals surface area contributed by atoms with Crippen LogP contribution in [0, 0.1) is 63.6 Å². The van der Waals surface area contributed by atoms with E-state index in [0.29, 0.717) is 49.9 Å². The number of hydrogen-bond donors (Lipinski definition) is 2. The van der Waals surface area contributed by atoms with Gasteiger partial charge in [-0.3, -0.25) is 19.2 Å². The van der Waals surface area contributed by atoms with Gasteiger partial charge in [0.05, 0.1) is 33.9 Å². The van der Waals surface area contributed by atoms with Crippen molar-refractivity contribution in [2.24, 2.45) is 63.6 Å². The van der Waals surface area contributed by atoms with Crippen LogP contribution in [0.5, 0.6) is 0 Å². The van der Waals surface area contributed by atoms with Crippen LogP contribution in [0.15, 0.2) is 0 Å². The van der Waals surface area contributed by atoms with Crippen LogP contribution in [0.25, 0.3) is 0 Å². The summed E-state index contributed by atoms with van der Waals surface area (Å²) in [5.74, 6) is 0.0543. The van der Waals surface area contributed by atoms with Crippen LogP contribution in [-0.2, 0) is 38.1 Å². The Labute approximate surface area is 364 Å². The third kappa shape index (κ3) is 8.22. The van der Waals surface area contributed by atoms with Crippen molar-refractivity contribution < 1.29 is 48.3 Å². The summed E-state index contributed by atoms with van der Waals surface area (Å²) in [5, 5.41) is 23.0. The van der Waals surface area contributed by atoms with E-state index in [1.54, 1.807) is 13.8 Å². The molecule has 1 aliphatic heterocycles. The maximum atomic E-state index is 14.9. The van der Waals surface area contributed by atoms with E-state index in [1.165, 1.54) is 19.3 Å². The van der Waals surface area contributed by atoms with Gasteiger partial charge in [0.25, 0.3) is 0 Å². The zero-order chi connectivity index (χ0) is 38.4. The summed E-state index contributed by atoms with van der Waals surface area (Å²) >= 11 is 0. The third-order valence-electron chi connectivity index (χ3n) is 17.3. The maximum absolute atomic E-state index is 14.9. The van der Waals surface area contributed by atoms with Crippen molar-refractivity contribution in [3.8, 4) is 0 Å². The largest absolute Gasteiger partial charge is 0.459 e. The Morgan fingerprint density at radius 1 is 0.750 bits per heavy atom. The molecule has 10 unspecified atom stereocenters. The summed E-state index contributed by atoms with van der Waals surface area (Å²) in [4.78, 5) is 55.9. The van der Waals surface area contributed by atoms with Crippen LogP contribution in [0.4, 0.5) is 0 Å². The quantitative estimate of drug-likeness (QED) is 0.144. The van der Waals surface area contributed by atoms with Crippen molar-refractivity contribution in [1.82, 2.24) is 0 Å². The minimum Gasteiger partial charge on any atom is -0.459 e. The van der Waals surface area contributed by atoms with Crippen LogP contribution < -0.4 is 0 Å². The van der Waals surface area contributed by atoms with Crippen molar-refractivity contribution >= 4 is 23.9 Å². The van der Waals surface area contributed by atoms with E-state index in [0.717, 1.165) is 25.7 Å². The second-order valence-corrected chi connectivity index (χ2v) is 22.2. The van der Waals surface area contributed by atoms with Gasteiger partial charge in [0.2, 0.25) is 0 Å². The van der Waals surface area contributed by atoms with Crippen LogP contribution in [0.2, 0.25) is 0 Å². The van der Waals surface area contributed by atoms with Crippen LogP contribution in [0.1, 0.15) is 195 Å². The van der Waals surface area contributed by atoms with Crippen molar-refractivity contribution in [3.05, 3.63) is 0 Å². The Morgan fingerprint density at radius 3 is 1.82 bits per heavy atom. The van der Waals surface area contributed by atoms with Gasteiger partial charge < -0.3 is 29.2 Å². The number of rotatable bonds is 12. The lowest BCUT2D eigenvalue weighted by Gasteiger charge is -2.62. The third-order valence-corrected chi connectivity index (χ3v) is 17.3. The first-order chi connectivity index (χ1) is 25.2. The number of carbonyl (C=O) groups is 4. The number of carbonyl (C=O) groups excluding carboxylic acids is 4. The van der Waals surface area contributed by atoms with Crippen LogP contribution in [0.3, 0.4) is 0 Å². The molecule has 0 radical (unpaired) electrons. The first-order valence-corrected chi connectivity index (χ1v) is 21.5. The molecule has 10 bridgehead atoms. The summed E-state index contributed by atoms with van der Waals surface area (Å²) in [6, 6.07) is 0. The first kappa shape index (κ1) is 52.1. The average molecular weight is 849 g/mol. The molecule has 10 heteroatoms. The predicted molar refractivity (Wildman–Crippen MR) is 235 cm³/mol. The minimum atomic E-state index is -1.30. The van der Waals surface area contributed by atoms with E-state index in [4.69, 9.17) is 18.9 Å². The molecule has 0 spiro atoms. The number of fused-ring (bicyclic) bond motifs is 1. The Bertz CT molecular complexity index is 1570. The maximum Gasteiger partial charge on any atom is 0.312 e. The van der Waals surface area contributed by atoms with Gasteiger partial charge in [-0.1, -0.05) is 58.4 Å². The fourth-order valence-corrected chi connectivity index (χ4v) is 15.5. The summed E-state index contributed by atoms with van der Waals surface area (Å²) in [6.07, 6.45) is 11.0. The molecular formula is C50H88O10. The van der Waals surface area contributed by atoms with E-state index in [1.807, 2.05) is 13.8 Å².